The van der Waals surface area contributed by atoms with Crippen molar-refractivity contribution in [3.05, 3.63) is 35.9 Å². The fourth-order valence-electron chi connectivity index (χ4n) is 2.24. The van der Waals surface area contributed by atoms with Crippen molar-refractivity contribution in [2.24, 2.45) is 0 Å². The number of hydroxylamine groups is 2. The van der Waals surface area contributed by atoms with Gasteiger partial charge in [0.1, 0.15) is 0 Å². The number of rotatable bonds is 7. The lowest BCUT2D eigenvalue weighted by Gasteiger charge is -2.16. The highest BCUT2D eigenvalue weighted by Gasteiger charge is 2.34. The summed E-state index contributed by atoms with van der Waals surface area (Å²) in [6.07, 6.45) is -1.02. The zero-order chi connectivity index (χ0) is 18.2. The molecule has 0 aromatic heterocycles. The van der Waals surface area contributed by atoms with Crippen molar-refractivity contribution in [2.45, 2.75) is 45.3 Å². The average molecular weight is 349 g/mol. The van der Waals surface area contributed by atoms with Crippen molar-refractivity contribution >= 4 is 23.9 Å². The minimum atomic E-state index is -1.28. The Hall–Kier alpha value is -2.90. The lowest BCUT2D eigenvalue weighted by molar-refractivity contribution is -0.191. The number of hydrogen-bond acceptors (Lipinski definition) is 7. The lowest BCUT2D eigenvalue weighted by atomic mass is 10.1. The predicted octanol–water partition coefficient (Wildman–Crippen LogP) is 2.12. The number of imide groups is 1. The van der Waals surface area contributed by atoms with Crippen LogP contribution in [0, 0.1) is 0 Å². The van der Waals surface area contributed by atoms with Crippen LogP contribution < -0.4 is 0 Å². The monoisotopic (exact) mass is 349 g/mol. The van der Waals surface area contributed by atoms with Gasteiger partial charge in [0.2, 0.25) is 6.29 Å². The van der Waals surface area contributed by atoms with Crippen LogP contribution in [0.1, 0.15) is 38.2 Å². The van der Waals surface area contributed by atoms with Crippen molar-refractivity contribution in [1.29, 1.82) is 0 Å². The Morgan fingerprint density at radius 1 is 1.08 bits per heavy atom. The van der Waals surface area contributed by atoms with Crippen LogP contribution in [0.15, 0.2) is 30.3 Å². The van der Waals surface area contributed by atoms with Gasteiger partial charge >= 0.3 is 12.1 Å². The molecule has 2 amide bonds. The number of carbonyl (C=O) groups excluding carboxylic acids is 4. The summed E-state index contributed by atoms with van der Waals surface area (Å²) in [5.74, 6) is -1.76. The molecule has 8 heteroatoms. The molecule has 0 radical (unpaired) electrons. The summed E-state index contributed by atoms with van der Waals surface area (Å²) in [5.41, 5.74) is 1.11. The van der Waals surface area contributed by atoms with Gasteiger partial charge in [0.25, 0.3) is 11.8 Å². The minimum Gasteiger partial charge on any atom is -0.425 e. The van der Waals surface area contributed by atoms with Crippen LogP contribution in [-0.4, -0.2) is 35.3 Å². The number of esters is 1. The number of aryl methyl sites for hydroxylation is 1. The van der Waals surface area contributed by atoms with Crippen LogP contribution in [0.5, 0.6) is 0 Å². The number of ether oxygens (including phenoxy) is 2. The largest absolute Gasteiger partial charge is 0.537 e. The maximum atomic E-state index is 11.7. The molecule has 0 N–H and O–H groups in total. The van der Waals surface area contributed by atoms with Gasteiger partial charge in [-0.05, 0) is 18.4 Å². The number of hydrogen-bond donors (Lipinski definition) is 0. The van der Waals surface area contributed by atoms with E-state index >= 15 is 0 Å². The van der Waals surface area contributed by atoms with E-state index in [2.05, 4.69) is 4.84 Å². The first-order valence-electron chi connectivity index (χ1n) is 7.93. The summed E-state index contributed by atoms with van der Waals surface area (Å²) in [6.45, 7) is 1.34. The molecule has 0 bridgehead atoms. The third-order valence-corrected chi connectivity index (χ3v) is 3.42. The van der Waals surface area contributed by atoms with Crippen molar-refractivity contribution in [2.75, 3.05) is 0 Å². The highest BCUT2D eigenvalue weighted by atomic mass is 16.9. The van der Waals surface area contributed by atoms with E-state index in [1.807, 2.05) is 30.3 Å². The van der Waals surface area contributed by atoms with E-state index in [1.165, 1.54) is 6.92 Å². The van der Waals surface area contributed by atoms with Gasteiger partial charge in [-0.15, -0.1) is 0 Å². The fraction of sp³-hybridized carbons (Fsp3) is 0.412. The van der Waals surface area contributed by atoms with Crippen molar-refractivity contribution in [1.82, 2.24) is 5.06 Å². The Morgan fingerprint density at radius 2 is 1.72 bits per heavy atom. The third kappa shape index (κ3) is 5.91. The topological polar surface area (TPSA) is 99.2 Å². The normalized spacial score (nSPS) is 15.0. The van der Waals surface area contributed by atoms with E-state index in [1.54, 1.807) is 0 Å². The highest BCUT2D eigenvalue weighted by Crippen LogP contribution is 2.13. The van der Waals surface area contributed by atoms with Gasteiger partial charge in [-0.25, -0.2) is 4.79 Å². The van der Waals surface area contributed by atoms with Crippen LogP contribution in [0.3, 0.4) is 0 Å². The SMILES string of the molecule is CC(OC(=O)CCCc1ccccc1)OC(=O)ON1C(=O)CCC1=O. The van der Waals surface area contributed by atoms with Crippen LogP contribution in [0.25, 0.3) is 0 Å². The van der Waals surface area contributed by atoms with Gasteiger partial charge in [-0.3, -0.25) is 19.2 Å². The standard InChI is InChI=1S/C17H19NO7/c1-12(24-17(22)25-18-14(19)10-11-15(18)20)23-16(21)9-5-8-13-6-3-2-4-7-13/h2-4,6-7,12H,5,8-11H2,1H3. The highest BCUT2D eigenvalue weighted by molar-refractivity contribution is 6.01. The molecule has 1 unspecified atom stereocenters. The van der Waals surface area contributed by atoms with Crippen LogP contribution in [-0.2, 0) is 35.1 Å². The summed E-state index contributed by atoms with van der Waals surface area (Å²) < 4.78 is 9.62. The Kier molecular flexibility index (Phi) is 6.50. The number of nitrogens with zero attached hydrogens (tertiary/aromatic N) is 1. The lowest BCUT2D eigenvalue weighted by Crippen LogP contribution is -2.34. The zero-order valence-electron chi connectivity index (χ0n) is 13.8. The van der Waals surface area contributed by atoms with E-state index < -0.39 is 30.2 Å². The molecule has 1 aliphatic rings. The zero-order valence-corrected chi connectivity index (χ0v) is 13.8. The van der Waals surface area contributed by atoms with Gasteiger partial charge in [0, 0.05) is 26.2 Å². The number of carbonyl (C=O) groups is 4. The molecule has 134 valence electrons. The molecule has 0 saturated carbocycles. The Bertz CT molecular complexity index is 628. The van der Waals surface area contributed by atoms with E-state index in [4.69, 9.17) is 9.47 Å². The van der Waals surface area contributed by atoms with E-state index in [0.29, 0.717) is 11.5 Å². The summed E-state index contributed by atoms with van der Waals surface area (Å²) in [7, 11) is 0. The van der Waals surface area contributed by atoms with Crippen LogP contribution in [0.4, 0.5) is 4.79 Å². The van der Waals surface area contributed by atoms with E-state index in [0.717, 1.165) is 12.0 Å². The molecular weight excluding hydrogens is 330 g/mol. The molecule has 25 heavy (non-hydrogen) atoms. The second-order valence-electron chi connectivity index (χ2n) is 5.44. The van der Waals surface area contributed by atoms with Gasteiger partial charge in [-0.2, -0.15) is 0 Å². The molecule has 1 aliphatic heterocycles. The first-order valence-corrected chi connectivity index (χ1v) is 7.93. The van der Waals surface area contributed by atoms with Crippen molar-refractivity contribution in [3.8, 4) is 0 Å². The molecule has 1 saturated heterocycles. The average Bonchev–Trinajstić information content (AvgIpc) is 2.87. The third-order valence-electron chi connectivity index (χ3n) is 3.42. The molecule has 1 heterocycles. The summed E-state index contributed by atoms with van der Waals surface area (Å²) in [5, 5.41) is 0.358. The van der Waals surface area contributed by atoms with Gasteiger partial charge in [-0.1, -0.05) is 35.4 Å². The summed E-state index contributed by atoms with van der Waals surface area (Å²) >= 11 is 0. The van der Waals surface area contributed by atoms with Gasteiger partial charge in [0.05, 0.1) is 0 Å². The van der Waals surface area contributed by atoms with E-state index in [9.17, 15) is 19.2 Å². The molecule has 1 aromatic carbocycles. The smallest absolute Gasteiger partial charge is 0.425 e. The second-order valence-corrected chi connectivity index (χ2v) is 5.44. The molecule has 2 rings (SSSR count). The Balaban J connectivity index is 1.65. The van der Waals surface area contributed by atoms with Gasteiger partial charge < -0.3 is 9.47 Å². The Labute approximate surface area is 144 Å². The molecule has 1 aromatic rings. The summed E-state index contributed by atoms with van der Waals surface area (Å²) in [6, 6.07) is 9.69. The first-order chi connectivity index (χ1) is 12.0. The number of benzene rings is 1. The fourth-order valence-corrected chi connectivity index (χ4v) is 2.24. The maximum absolute atomic E-state index is 11.7. The quantitative estimate of drug-likeness (QED) is 0.422. The first kappa shape index (κ1) is 18.4. The van der Waals surface area contributed by atoms with E-state index in [-0.39, 0.29) is 19.3 Å². The van der Waals surface area contributed by atoms with Crippen LogP contribution >= 0.6 is 0 Å². The molecule has 0 spiro atoms. The van der Waals surface area contributed by atoms with Crippen LogP contribution in [0.2, 0.25) is 0 Å². The molecule has 0 aliphatic carbocycles. The number of amides is 2. The summed E-state index contributed by atoms with van der Waals surface area (Å²) in [4.78, 5) is 50.3. The molecule has 1 fully saturated rings. The molecular formula is C17H19NO7. The van der Waals surface area contributed by atoms with Crippen molar-refractivity contribution < 1.29 is 33.5 Å². The maximum Gasteiger partial charge on any atom is 0.537 e. The predicted molar refractivity (Wildman–Crippen MR) is 83.6 cm³/mol. The van der Waals surface area contributed by atoms with Gasteiger partial charge in [0.15, 0.2) is 0 Å². The van der Waals surface area contributed by atoms with Crippen molar-refractivity contribution in [3.63, 3.8) is 0 Å². The molecule has 8 nitrogen and oxygen atoms in total. The molecule has 1 atom stereocenters. The minimum absolute atomic E-state index is 0.0158. The second kappa shape index (κ2) is 8.81. The Morgan fingerprint density at radius 3 is 2.36 bits per heavy atom.